The molecule has 0 bridgehead atoms. The van der Waals surface area contributed by atoms with Gasteiger partial charge in [-0.15, -0.1) is 23.2 Å². The molecule has 1 aromatic heterocycles. The lowest BCUT2D eigenvalue weighted by Gasteiger charge is -2.27. The number of rotatable bonds is 14. The predicted octanol–water partition coefficient (Wildman–Crippen LogP) is 3.61. The Morgan fingerprint density at radius 2 is 1.52 bits per heavy atom. The number of aliphatic hydroxyl groups is 1. The Labute approximate surface area is 182 Å². The van der Waals surface area contributed by atoms with Gasteiger partial charge in [0.1, 0.15) is 0 Å². The largest absolute Gasteiger partial charge is 0.489 e. The summed E-state index contributed by atoms with van der Waals surface area (Å²) in [4.78, 5) is 4.32. The summed E-state index contributed by atoms with van der Waals surface area (Å²) < 4.78 is 32.1. The third-order valence-electron chi connectivity index (χ3n) is 4.45. The van der Waals surface area contributed by atoms with Gasteiger partial charge in [-0.1, -0.05) is 13.8 Å². The fourth-order valence-corrected chi connectivity index (χ4v) is 3.29. The molecule has 0 aromatic carbocycles. The summed E-state index contributed by atoms with van der Waals surface area (Å²) in [6, 6.07) is 0. The highest BCUT2D eigenvalue weighted by Crippen LogP contribution is 2.48. The van der Waals surface area contributed by atoms with Gasteiger partial charge in [-0.05, 0) is 18.3 Å². The minimum atomic E-state index is -0.998. The molecule has 0 aliphatic rings. The molecule has 0 aliphatic carbocycles. The van der Waals surface area contributed by atoms with Crippen LogP contribution >= 0.6 is 23.2 Å². The predicted molar refractivity (Wildman–Crippen MR) is 111 cm³/mol. The molecule has 0 aliphatic heterocycles. The average molecular weight is 456 g/mol. The zero-order chi connectivity index (χ0) is 22.0. The first kappa shape index (κ1) is 25.8. The highest BCUT2D eigenvalue weighted by Gasteiger charge is 2.32. The maximum absolute atomic E-state index is 11.2. The van der Waals surface area contributed by atoms with Crippen LogP contribution in [0.4, 0.5) is 0 Å². The molecule has 0 spiro atoms. The molecule has 0 amide bonds. The van der Waals surface area contributed by atoms with E-state index >= 15 is 0 Å². The molecule has 8 nitrogen and oxygen atoms in total. The summed E-state index contributed by atoms with van der Waals surface area (Å²) in [6.07, 6.45) is -0.383. The summed E-state index contributed by atoms with van der Waals surface area (Å²) in [6.45, 7) is 3.73. The Bertz CT molecular complexity index is 621. The van der Waals surface area contributed by atoms with E-state index in [1.54, 1.807) is 0 Å². The molecule has 29 heavy (non-hydrogen) atoms. The second-order valence-corrected chi connectivity index (χ2v) is 7.48. The van der Waals surface area contributed by atoms with Crippen molar-refractivity contribution in [2.75, 3.05) is 47.9 Å². The number of alkyl halides is 2. The minimum absolute atomic E-state index is 0.0756. The van der Waals surface area contributed by atoms with Gasteiger partial charge >= 0.3 is 0 Å². The van der Waals surface area contributed by atoms with Crippen molar-refractivity contribution in [1.29, 1.82) is 0 Å². The van der Waals surface area contributed by atoms with Crippen molar-refractivity contribution in [2.24, 2.45) is 11.8 Å². The number of ether oxygens (including phenoxy) is 6. The standard InChI is InChI=1S/C19H31Cl2NO7/c1-11(13(21)8-20)7-12(2)15(23)14-16(28-9-24-3)17(26-5)19(27-6)22-18(14)29-10-25-4/h11-13,15,23H,7-10H2,1-6H3/t11-,12+,13+,15?/m1/s1. The van der Waals surface area contributed by atoms with Gasteiger partial charge in [-0.25, -0.2) is 0 Å². The van der Waals surface area contributed by atoms with Crippen LogP contribution in [-0.2, 0) is 9.47 Å². The normalized spacial score (nSPS) is 15.3. The molecular formula is C19H31Cl2NO7. The first-order valence-corrected chi connectivity index (χ1v) is 10.1. The van der Waals surface area contributed by atoms with Gasteiger partial charge in [-0.3, -0.25) is 0 Å². The van der Waals surface area contributed by atoms with Crippen molar-refractivity contribution in [1.82, 2.24) is 4.98 Å². The van der Waals surface area contributed by atoms with Crippen LogP contribution in [0.1, 0.15) is 31.9 Å². The summed E-state index contributed by atoms with van der Waals surface area (Å²) in [7, 11) is 5.87. The van der Waals surface area contributed by atoms with Crippen molar-refractivity contribution in [2.45, 2.75) is 31.7 Å². The van der Waals surface area contributed by atoms with E-state index in [0.29, 0.717) is 17.9 Å². The number of aliphatic hydroxyl groups excluding tert-OH is 1. The Hall–Kier alpha value is -1.19. The number of pyridine rings is 1. The number of halogens is 2. The molecule has 0 fully saturated rings. The maximum Gasteiger partial charge on any atom is 0.264 e. The van der Waals surface area contributed by atoms with Crippen LogP contribution in [0.25, 0.3) is 0 Å². The van der Waals surface area contributed by atoms with E-state index < -0.39 is 6.10 Å². The topological polar surface area (TPSA) is 88.5 Å². The van der Waals surface area contributed by atoms with Gasteiger partial charge in [-0.2, -0.15) is 4.98 Å². The molecule has 1 heterocycles. The van der Waals surface area contributed by atoms with Gasteiger partial charge < -0.3 is 33.5 Å². The van der Waals surface area contributed by atoms with E-state index in [9.17, 15) is 5.11 Å². The van der Waals surface area contributed by atoms with Crippen molar-refractivity contribution in [3.63, 3.8) is 0 Å². The summed E-state index contributed by atoms with van der Waals surface area (Å²) in [5.41, 5.74) is 0.313. The minimum Gasteiger partial charge on any atom is -0.489 e. The molecular weight excluding hydrogens is 425 g/mol. The van der Waals surface area contributed by atoms with E-state index in [4.69, 9.17) is 51.6 Å². The van der Waals surface area contributed by atoms with Crippen molar-refractivity contribution in [3.05, 3.63) is 5.56 Å². The van der Waals surface area contributed by atoms with Gasteiger partial charge in [0.15, 0.2) is 19.3 Å². The summed E-state index contributed by atoms with van der Waals surface area (Å²) in [5, 5.41) is 11.0. The van der Waals surface area contributed by atoms with Gasteiger partial charge in [0.25, 0.3) is 5.88 Å². The van der Waals surface area contributed by atoms with Crippen LogP contribution < -0.4 is 18.9 Å². The molecule has 0 saturated heterocycles. The van der Waals surface area contributed by atoms with E-state index in [0.717, 1.165) is 0 Å². The van der Waals surface area contributed by atoms with Crippen molar-refractivity contribution >= 4 is 23.2 Å². The Kier molecular flexibility index (Phi) is 11.7. The molecule has 1 aromatic rings. The van der Waals surface area contributed by atoms with Crippen LogP contribution in [-0.4, -0.2) is 63.4 Å². The molecule has 1 rings (SSSR count). The number of hydrogen-bond acceptors (Lipinski definition) is 8. The van der Waals surface area contributed by atoms with E-state index in [2.05, 4.69) is 4.98 Å². The second-order valence-electron chi connectivity index (χ2n) is 6.61. The van der Waals surface area contributed by atoms with Crippen LogP contribution in [0.3, 0.4) is 0 Å². The molecule has 0 saturated carbocycles. The monoisotopic (exact) mass is 455 g/mol. The molecule has 1 unspecified atom stereocenters. The Balaban J connectivity index is 3.43. The molecule has 0 radical (unpaired) electrons. The van der Waals surface area contributed by atoms with Crippen LogP contribution in [0.2, 0.25) is 0 Å². The first-order chi connectivity index (χ1) is 13.9. The summed E-state index contributed by atoms with van der Waals surface area (Å²) >= 11 is 12.1. The highest BCUT2D eigenvalue weighted by atomic mass is 35.5. The SMILES string of the molecule is COCOc1nc(OC)c(OC)c(OCOC)c1C(O)[C@@H](C)C[C@@H](C)[C@@H](Cl)CCl. The van der Waals surface area contributed by atoms with Crippen LogP contribution in [0, 0.1) is 11.8 Å². The van der Waals surface area contributed by atoms with Crippen molar-refractivity contribution < 1.29 is 33.5 Å². The third kappa shape index (κ3) is 6.93. The first-order valence-electron chi connectivity index (χ1n) is 9.13. The lowest BCUT2D eigenvalue weighted by Crippen LogP contribution is -2.21. The van der Waals surface area contributed by atoms with Gasteiger partial charge in [0.2, 0.25) is 11.6 Å². The van der Waals surface area contributed by atoms with E-state index in [1.807, 2.05) is 13.8 Å². The van der Waals surface area contributed by atoms with Gasteiger partial charge in [0, 0.05) is 25.5 Å². The average Bonchev–Trinajstić information content (AvgIpc) is 2.73. The lowest BCUT2D eigenvalue weighted by atomic mass is 9.88. The Morgan fingerprint density at radius 3 is 2.03 bits per heavy atom. The van der Waals surface area contributed by atoms with Crippen LogP contribution in [0.5, 0.6) is 23.3 Å². The molecule has 168 valence electrons. The molecule has 1 N–H and O–H groups in total. The lowest BCUT2D eigenvalue weighted by molar-refractivity contribution is 0.0303. The fourth-order valence-electron chi connectivity index (χ4n) is 2.88. The Morgan fingerprint density at radius 1 is 0.897 bits per heavy atom. The maximum atomic E-state index is 11.2. The number of aromatic nitrogens is 1. The van der Waals surface area contributed by atoms with Gasteiger partial charge in [0.05, 0.1) is 25.9 Å². The van der Waals surface area contributed by atoms with Crippen LogP contribution in [0.15, 0.2) is 0 Å². The quantitative estimate of drug-likeness (QED) is 0.336. The number of hydrogen-bond donors (Lipinski definition) is 1. The zero-order valence-corrected chi connectivity index (χ0v) is 19.2. The molecule has 4 atom stereocenters. The smallest absolute Gasteiger partial charge is 0.264 e. The zero-order valence-electron chi connectivity index (χ0n) is 17.7. The van der Waals surface area contributed by atoms with E-state index in [-0.39, 0.29) is 54.1 Å². The number of methoxy groups -OCH3 is 4. The summed E-state index contributed by atoms with van der Waals surface area (Å²) in [5.74, 6) is 0.891. The van der Waals surface area contributed by atoms with E-state index in [1.165, 1.54) is 28.4 Å². The fraction of sp³-hybridized carbons (Fsp3) is 0.737. The highest BCUT2D eigenvalue weighted by molar-refractivity contribution is 6.28. The third-order valence-corrected chi connectivity index (χ3v) is 5.53. The molecule has 10 heteroatoms. The number of nitrogens with zero attached hydrogens (tertiary/aromatic N) is 1. The second kappa shape index (κ2) is 13.2. The van der Waals surface area contributed by atoms with Crippen molar-refractivity contribution in [3.8, 4) is 23.3 Å².